The van der Waals surface area contributed by atoms with Crippen molar-refractivity contribution in [3.05, 3.63) is 34.9 Å². The van der Waals surface area contributed by atoms with Crippen LogP contribution in [0.2, 0.25) is 0 Å². The maximum Gasteiger partial charge on any atom is 0.336 e. The molecule has 0 saturated heterocycles. The Bertz CT molecular complexity index is 1050. The molecule has 5 aliphatic rings. The topological polar surface area (TPSA) is 104 Å². The van der Waals surface area contributed by atoms with E-state index in [1.54, 1.807) is 12.2 Å². The molecule has 0 radical (unpaired) electrons. The van der Waals surface area contributed by atoms with Gasteiger partial charge >= 0.3 is 5.97 Å². The van der Waals surface area contributed by atoms with Crippen molar-refractivity contribution in [2.45, 2.75) is 91.0 Å². The van der Waals surface area contributed by atoms with Gasteiger partial charge in [-0.25, -0.2) is 4.79 Å². The lowest BCUT2D eigenvalue weighted by molar-refractivity contribution is -0.214. The zero-order valence-corrected chi connectivity index (χ0v) is 21.6. The number of carbonyl (C=O) groups is 2. The molecule has 1 aliphatic heterocycles. The maximum atomic E-state index is 13.2. The third-order valence-corrected chi connectivity index (χ3v) is 11.3. The predicted molar refractivity (Wildman–Crippen MR) is 131 cm³/mol. The summed E-state index contributed by atoms with van der Waals surface area (Å²) in [5.41, 5.74) is -0.804. The van der Waals surface area contributed by atoms with Crippen LogP contribution in [0, 0.1) is 34.0 Å². The van der Waals surface area contributed by atoms with Crippen LogP contribution in [-0.4, -0.2) is 51.5 Å². The molecule has 6 nitrogen and oxygen atoms in total. The van der Waals surface area contributed by atoms with Gasteiger partial charge in [-0.2, -0.15) is 0 Å². The standard InChI is InChI=1S/C29H40O6/c1-16-14-24(35-25(33)18(16)15-30)26(2,3)29(34)13-11-19-17-6-7-21-22(31)8-9-23(32)28(21,5)20(17)10-12-27(19,29)4/h7-9,17,19-20,22,24,30-31,34H,6,10-15H2,1-5H3. The molecule has 8 unspecified atom stereocenters. The molecule has 0 spiro atoms. The summed E-state index contributed by atoms with van der Waals surface area (Å²) >= 11 is 0. The quantitative estimate of drug-likeness (QED) is 0.417. The molecule has 0 aromatic heterocycles. The number of hydrogen-bond acceptors (Lipinski definition) is 6. The average molecular weight is 485 g/mol. The minimum atomic E-state index is -1.04. The molecular formula is C29H40O6. The fourth-order valence-corrected chi connectivity index (χ4v) is 8.99. The van der Waals surface area contributed by atoms with Gasteiger partial charge in [-0.3, -0.25) is 4.79 Å². The van der Waals surface area contributed by atoms with Gasteiger partial charge in [0.1, 0.15) is 6.10 Å². The molecule has 2 fully saturated rings. The van der Waals surface area contributed by atoms with E-state index in [1.165, 1.54) is 0 Å². The van der Waals surface area contributed by atoms with E-state index in [2.05, 4.69) is 13.0 Å². The lowest BCUT2D eigenvalue weighted by Crippen LogP contribution is -2.63. The summed E-state index contributed by atoms with van der Waals surface area (Å²) in [5, 5.41) is 32.7. The Morgan fingerprint density at radius 2 is 1.83 bits per heavy atom. The van der Waals surface area contributed by atoms with Gasteiger partial charge in [0.05, 0.1) is 29.3 Å². The van der Waals surface area contributed by atoms with Crippen molar-refractivity contribution in [2.75, 3.05) is 6.61 Å². The minimum absolute atomic E-state index is 0.0806. The van der Waals surface area contributed by atoms with Crippen LogP contribution in [-0.2, 0) is 14.3 Å². The van der Waals surface area contributed by atoms with E-state index < -0.39 is 34.6 Å². The number of aliphatic hydroxyl groups excluding tert-OH is 2. The second kappa shape index (κ2) is 7.87. The predicted octanol–water partition coefficient (Wildman–Crippen LogP) is 3.65. The van der Waals surface area contributed by atoms with Crippen molar-refractivity contribution < 1.29 is 29.6 Å². The highest BCUT2D eigenvalue weighted by Gasteiger charge is 2.69. The number of ketones is 1. The molecule has 4 aliphatic carbocycles. The number of aliphatic hydroxyl groups is 3. The number of rotatable bonds is 3. The van der Waals surface area contributed by atoms with E-state index in [1.807, 2.05) is 27.7 Å². The first kappa shape index (κ1) is 24.9. The smallest absolute Gasteiger partial charge is 0.336 e. The van der Waals surface area contributed by atoms with Crippen LogP contribution >= 0.6 is 0 Å². The van der Waals surface area contributed by atoms with E-state index in [0.717, 1.165) is 36.8 Å². The van der Waals surface area contributed by atoms with Crippen molar-refractivity contribution in [2.24, 2.45) is 34.0 Å². The minimum Gasteiger partial charge on any atom is -0.458 e. The summed E-state index contributed by atoms with van der Waals surface area (Å²) in [6.45, 7) is 9.78. The highest BCUT2D eigenvalue weighted by molar-refractivity contribution is 5.99. The van der Waals surface area contributed by atoms with Gasteiger partial charge in [0.2, 0.25) is 0 Å². The van der Waals surface area contributed by atoms with Crippen molar-refractivity contribution in [1.29, 1.82) is 0 Å². The highest BCUT2D eigenvalue weighted by atomic mass is 16.5. The van der Waals surface area contributed by atoms with Gasteiger partial charge in [0.15, 0.2) is 5.78 Å². The fourth-order valence-electron chi connectivity index (χ4n) is 8.99. The zero-order chi connectivity index (χ0) is 25.6. The summed E-state index contributed by atoms with van der Waals surface area (Å²) in [7, 11) is 0. The van der Waals surface area contributed by atoms with E-state index in [9.17, 15) is 24.9 Å². The van der Waals surface area contributed by atoms with Crippen LogP contribution < -0.4 is 0 Å². The van der Waals surface area contributed by atoms with E-state index in [4.69, 9.17) is 4.74 Å². The summed E-state index contributed by atoms with van der Waals surface area (Å²) in [4.78, 5) is 25.8. The number of esters is 1. The summed E-state index contributed by atoms with van der Waals surface area (Å²) < 4.78 is 5.84. The lowest BCUT2D eigenvalue weighted by atomic mass is 9.45. The van der Waals surface area contributed by atoms with Gasteiger partial charge in [-0.1, -0.05) is 32.4 Å². The molecular weight excluding hydrogens is 444 g/mol. The number of carbonyl (C=O) groups excluding carboxylic acids is 2. The first-order chi connectivity index (χ1) is 16.3. The Labute approximate surface area is 208 Å². The van der Waals surface area contributed by atoms with Gasteiger partial charge in [0, 0.05) is 17.3 Å². The molecule has 0 amide bonds. The van der Waals surface area contributed by atoms with Gasteiger partial charge in [-0.05, 0) is 81.4 Å². The number of allylic oxidation sites excluding steroid dienone is 2. The van der Waals surface area contributed by atoms with Crippen LogP contribution in [0.15, 0.2) is 34.9 Å². The number of fused-ring (bicyclic) bond motifs is 5. The SMILES string of the molecule is CC1=C(CO)C(=O)OC(C(C)(C)C2(O)CCC3C4CC=C5C(O)C=CC(=O)C5(C)C4CCC32C)C1. The fraction of sp³-hybridized carbons (Fsp3) is 0.724. The highest BCUT2D eigenvalue weighted by Crippen LogP contribution is 2.70. The van der Waals surface area contributed by atoms with Crippen molar-refractivity contribution in [1.82, 2.24) is 0 Å². The first-order valence-corrected chi connectivity index (χ1v) is 13.2. The number of ether oxygens (including phenoxy) is 1. The number of hydrogen-bond donors (Lipinski definition) is 3. The van der Waals surface area contributed by atoms with Gasteiger partial charge in [0.25, 0.3) is 0 Å². The molecule has 0 aromatic carbocycles. The lowest BCUT2D eigenvalue weighted by Gasteiger charge is -2.61. The van der Waals surface area contributed by atoms with Crippen LogP contribution in [0.4, 0.5) is 0 Å². The third-order valence-electron chi connectivity index (χ3n) is 11.3. The van der Waals surface area contributed by atoms with Crippen LogP contribution in [0.1, 0.15) is 73.1 Å². The first-order valence-electron chi connectivity index (χ1n) is 13.2. The molecule has 35 heavy (non-hydrogen) atoms. The van der Waals surface area contributed by atoms with Crippen molar-refractivity contribution in [3.8, 4) is 0 Å². The van der Waals surface area contributed by atoms with Gasteiger partial charge in [-0.15, -0.1) is 0 Å². The molecule has 0 bridgehead atoms. The Kier molecular flexibility index (Phi) is 5.60. The van der Waals surface area contributed by atoms with Crippen molar-refractivity contribution >= 4 is 11.8 Å². The second-order valence-electron chi connectivity index (χ2n) is 12.7. The summed E-state index contributed by atoms with van der Waals surface area (Å²) in [5.74, 6) is 0.230. The molecule has 5 rings (SSSR count). The Balaban J connectivity index is 1.48. The monoisotopic (exact) mass is 484 g/mol. The second-order valence-corrected chi connectivity index (χ2v) is 12.7. The zero-order valence-electron chi connectivity index (χ0n) is 21.6. The molecule has 8 atom stereocenters. The molecule has 0 aromatic rings. The van der Waals surface area contributed by atoms with E-state index >= 15 is 0 Å². The molecule has 6 heteroatoms. The normalized spacial score (nSPS) is 45.5. The van der Waals surface area contributed by atoms with Crippen molar-refractivity contribution in [3.63, 3.8) is 0 Å². The number of cyclic esters (lactones) is 1. The Morgan fingerprint density at radius 1 is 1.14 bits per heavy atom. The van der Waals surface area contributed by atoms with Crippen LogP contribution in [0.25, 0.3) is 0 Å². The largest absolute Gasteiger partial charge is 0.458 e. The van der Waals surface area contributed by atoms with E-state index in [0.29, 0.717) is 18.4 Å². The molecule has 1 heterocycles. The van der Waals surface area contributed by atoms with Crippen LogP contribution in [0.3, 0.4) is 0 Å². The molecule has 3 N–H and O–H groups in total. The Morgan fingerprint density at radius 3 is 2.49 bits per heavy atom. The summed E-state index contributed by atoms with van der Waals surface area (Å²) in [6.07, 6.45) is 8.47. The maximum absolute atomic E-state index is 13.2. The Hall–Kier alpha value is -1.76. The van der Waals surface area contributed by atoms with E-state index in [-0.39, 0.29) is 35.6 Å². The van der Waals surface area contributed by atoms with Gasteiger partial charge < -0.3 is 20.1 Å². The molecule has 2 saturated carbocycles. The molecule has 192 valence electrons. The summed E-state index contributed by atoms with van der Waals surface area (Å²) in [6, 6.07) is 0. The average Bonchev–Trinajstić information content (AvgIpc) is 3.08. The third kappa shape index (κ3) is 3.05. The van der Waals surface area contributed by atoms with Crippen LogP contribution in [0.5, 0.6) is 0 Å².